The van der Waals surface area contributed by atoms with Crippen molar-refractivity contribution >= 4 is 0 Å². The Balaban J connectivity index is 1.59. The van der Waals surface area contributed by atoms with Crippen LogP contribution in [0.15, 0.2) is 67.0 Å². The number of quaternary nitrogens is 1. The molecule has 0 radical (unpaired) electrons. The molecule has 0 saturated carbocycles. The van der Waals surface area contributed by atoms with Gasteiger partial charge in [-0.2, -0.15) is 0 Å². The van der Waals surface area contributed by atoms with Crippen LogP contribution in [0.2, 0.25) is 0 Å². The van der Waals surface area contributed by atoms with Crippen LogP contribution < -0.4 is 14.8 Å². The number of benzene rings is 2. The molecule has 2 aromatic carbocycles. The molecule has 0 fully saturated rings. The third kappa shape index (κ3) is 4.83. The Hall–Kier alpha value is -2.85. The Morgan fingerprint density at radius 2 is 1.65 bits per heavy atom. The summed E-state index contributed by atoms with van der Waals surface area (Å²) >= 11 is 0. The zero-order valence-corrected chi connectivity index (χ0v) is 15.3. The molecule has 1 aromatic heterocycles. The fourth-order valence-corrected chi connectivity index (χ4v) is 2.81. The van der Waals surface area contributed by atoms with Crippen molar-refractivity contribution in [1.29, 1.82) is 0 Å². The minimum absolute atomic E-state index is 0.538. The van der Waals surface area contributed by atoms with Gasteiger partial charge in [0.05, 0.1) is 7.11 Å². The molecule has 3 aromatic rings. The molecule has 0 unspecified atom stereocenters. The second-order valence-corrected chi connectivity index (χ2v) is 6.25. The van der Waals surface area contributed by atoms with Crippen molar-refractivity contribution in [3.63, 3.8) is 0 Å². The molecule has 0 saturated heterocycles. The summed E-state index contributed by atoms with van der Waals surface area (Å²) in [4.78, 5) is 4.04. The summed E-state index contributed by atoms with van der Waals surface area (Å²) < 4.78 is 11.5. The number of nitrogens with zero attached hydrogens (tertiary/aromatic N) is 1. The molecular formula is C22H25N2O2+. The number of hydrogen-bond donors (Lipinski definition) is 1. The normalized spacial score (nSPS) is 10.5. The topological polar surface area (TPSA) is 48.0 Å². The third-order valence-corrected chi connectivity index (χ3v) is 4.38. The second kappa shape index (κ2) is 9.02. The smallest absolute Gasteiger partial charge is 0.161 e. The van der Waals surface area contributed by atoms with Crippen LogP contribution in [0.5, 0.6) is 11.5 Å². The molecule has 0 spiro atoms. The van der Waals surface area contributed by atoms with Crippen LogP contribution in [0.1, 0.15) is 22.3 Å². The van der Waals surface area contributed by atoms with E-state index in [1.807, 2.05) is 42.7 Å². The molecule has 0 atom stereocenters. The van der Waals surface area contributed by atoms with E-state index in [0.29, 0.717) is 6.61 Å². The Morgan fingerprint density at radius 1 is 0.885 bits per heavy atom. The number of methoxy groups -OCH3 is 1. The van der Waals surface area contributed by atoms with E-state index >= 15 is 0 Å². The van der Waals surface area contributed by atoms with Crippen molar-refractivity contribution in [3.05, 3.63) is 89.2 Å². The molecule has 0 amide bonds. The van der Waals surface area contributed by atoms with E-state index in [9.17, 15) is 0 Å². The highest BCUT2D eigenvalue weighted by atomic mass is 16.5. The first-order chi connectivity index (χ1) is 12.8. The predicted molar refractivity (Wildman–Crippen MR) is 102 cm³/mol. The highest BCUT2D eigenvalue weighted by Crippen LogP contribution is 2.28. The van der Waals surface area contributed by atoms with Crippen molar-refractivity contribution in [1.82, 2.24) is 4.98 Å². The molecule has 4 heteroatoms. The van der Waals surface area contributed by atoms with Crippen LogP contribution in [0.4, 0.5) is 0 Å². The van der Waals surface area contributed by atoms with Crippen molar-refractivity contribution in [2.24, 2.45) is 0 Å². The largest absolute Gasteiger partial charge is 0.493 e. The fraction of sp³-hybridized carbons (Fsp3) is 0.227. The summed E-state index contributed by atoms with van der Waals surface area (Å²) in [6.45, 7) is 4.45. The fourth-order valence-electron chi connectivity index (χ4n) is 2.81. The van der Waals surface area contributed by atoms with Crippen LogP contribution in [-0.2, 0) is 19.7 Å². The van der Waals surface area contributed by atoms with Gasteiger partial charge in [0, 0.05) is 23.5 Å². The number of aryl methyl sites for hydroxylation is 1. The van der Waals surface area contributed by atoms with Crippen molar-refractivity contribution in [3.8, 4) is 11.5 Å². The molecule has 3 rings (SSSR count). The maximum absolute atomic E-state index is 5.98. The average Bonchev–Trinajstić information content (AvgIpc) is 2.68. The van der Waals surface area contributed by atoms with Gasteiger partial charge in [-0.05, 0) is 48.4 Å². The van der Waals surface area contributed by atoms with E-state index in [1.165, 1.54) is 22.3 Å². The van der Waals surface area contributed by atoms with Crippen molar-refractivity contribution in [2.75, 3.05) is 7.11 Å². The molecule has 0 aliphatic heterocycles. The monoisotopic (exact) mass is 349 g/mol. The van der Waals surface area contributed by atoms with E-state index in [0.717, 1.165) is 24.6 Å². The van der Waals surface area contributed by atoms with Crippen LogP contribution >= 0.6 is 0 Å². The molecule has 2 N–H and O–H groups in total. The highest BCUT2D eigenvalue weighted by Gasteiger charge is 2.08. The Kier molecular flexibility index (Phi) is 6.23. The summed E-state index contributed by atoms with van der Waals surface area (Å²) in [7, 11) is 1.68. The van der Waals surface area contributed by atoms with Crippen molar-refractivity contribution in [2.45, 2.75) is 26.6 Å². The zero-order valence-electron chi connectivity index (χ0n) is 15.3. The maximum atomic E-state index is 5.98. The molecule has 26 heavy (non-hydrogen) atoms. The summed E-state index contributed by atoms with van der Waals surface area (Å²) in [5.74, 6) is 1.54. The molecule has 0 aliphatic rings. The van der Waals surface area contributed by atoms with Gasteiger partial charge in [0.25, 0.3) is 0 Å². The molecule has 4 nitrogen and oxygen atoms in total. The quantitative estimate of drug-likeness (QED) is 0.679. The van der Waals surface area contributed by atoms with Gasteiger partial charge in [0.1, 0.15) is 19.7 Å². The first kappa shape index (κ1) is 18.0. The van der Waals surface area contributed by atoms with E-state index in [2.05, 4.69) is 41.5 Å². The first-order valence-corrected chi connectivity index (χ1v) is 8.81. The number of ether oxygens (including phenoxy) is 2. The third-order valence-electron chi connectivity index (χ3n) is 4.38. The minimum Gasteiger partial charge on any atom is -0.493 e. The van der Waals surface area contributed by atoms with E-state index in [1.54, 1.807) is 7.11 Å². The van der Waals surface area contributed by atoms with Gasteiger partial charge in [-0.15, -0.1) is 0 Å². The number of nitrogens with two attached hydrogens (primary N) is 1. The van der Waals surface area contributed by atoms with Gasteiger partial charge in [0.15, 0.2) is 11.5 Å². The zero-order chi connectivity index (χ0) is 18.2. The highest BCUT2D eigenvalue weighted by molar-refractivity contribution is 5.43. The molecular weight excluding hydrogens is 324 g/mol. The van der Waals surface area contributed by atoms with Gasteiger partial charge in [-0.25, -0.2) is 0 Å². The first-order valence-electron chi connectivity index (χ1n) is 8.81. The molecule has 0 aliphatic carbocycles. The van der Waals surface area contributed by atoms with E-state index in [-0.39, 0.29) is 0 Å². The lowest BCUT2D eigenvalue weighted by Gasteiger charge is -2.13. The van der Waals surface area contributed by atoms with Crippen LogP contribution in [0, 0.1) is 6.92 Å². The number of hydrogen-bond acceptors (Lipinski definition) is 3. The number of aromatic nitrogens is 1. The van der Waals surface area contributed by atoms with E-state index in [4.69, 9.17) is 9.47 Å². The standard InChI is InChI=1S/C22H24N2O2/c1-17-5-3-4-6-20(17)16-26-21-8-7-19(13-22(21)25-2)15-24-14-18-9-11-23-12-10-18/h3-13,24H,14-16H2,1-2H3/p+1. The predicted octanol–water partition coefficient (Wildman–Crippen LogP) is 3.24. The Bertz CT molecular complexity index is 835. The molecule has 134 valence electrons. The van der Waals surface area contributed by atoms with Gasteiger partial charge in [0.2, 0.25) is 0 Å². The van der Waals surface area contributed by atoms with Gasteiger partial charge in [-0.3, -0.25) is 4.98 Å². The van der Waals surface area contributed by atoms with Gasteiger partial charge in [-0.1, -0.05) is 24.3 Å². The van der Waals surface area contributed by atoms with Crippen LogP contribution in [-0.4, -0.2) is 12.1 Å². The molecule has 0 bridgehead atoms. The van der Waals surface area contributed by atoms with Gasteiger partial charge >= 0.3 is 0 Å². The Labute approximate surface area is 154 Å². The summed E-state index contributed by atoms with van der Waals surface area (Å²) in [5, 5.41) is 2.26. The summed E-state index contributed by atoms with van der Waals surface area (Å²) in [6.07, 6.45) is 3.65. The lowest BCUT2D eigenvalue weighted by atomic mass is 10.1. The molecule has 1 heterocycles. The SMILES string of the molecule is COc1cc(C[NH2+]Cc2ccncc2)ccc1OCc1ccccc1C. The van der Waals surface area contributed by atoms with Gasteiger partial charge < -0.3 is 14.8 Å². The number of pyridine rings is 1. The second-order valence-electron chi connectivity index (χ2n) is 6.25. The lowest BCUT2D eigenvalue weighted by molar-refractivity contribution is -0.686. The summed E-state index contributed by atoms with van der Waals surface area (Å²) in [6, 6.07) is 18.5. The minimum atomic E-state index is 0.538. The van der Waals surface area contributed by atoms with Crippen LogP contribution in [0.25, 0.3) is 0 Å². The van der Waals surface area contributed by atoms with Crippen LogP contribution in [0.3, 0.4) is 0 Å². The summed E-state index contributed by atoms with van der Waals surface area (Å²) in [5.41, 5.74) is 4.89. The average molecular weight is 349 g/mol. The lowest BCUT2D eigenvalue weighted by Crippen LogP contribution is -2.80. The Morgan fingerprint density at radius 3 is 2.42 bits per heavy atom. The van der Waals surface area contributed by atoms with E-state index < -0.39 is 0 Å². The number of rotatable bonds is 8. The van der Waals surface area contributed by atoms with Crippen molar-refractivity contribution < 1.29 is 14.8 Å². The maximum Gasteiger partial charge on any atom is 0.161 e.